The normalized spacial score (nSPS) is 21.3. The minimum absolute atomic E-state index is 0.102. The zero-order valence-corrected chi connectivity index (χ0v) is 15.9. The molecule has 7 nitrogen and oxygen atoms in total. The fraction of sp³-hybridized carbons (Fsp3) is 0.300. The topological polar surface area (TPSA) is 86.5 Å². The molecule has 2 aliphatic rings. The highest BCUT2D eigenvalue weighted by Gasteiger charge is 2.54. The highest BCUT2D eigenvalue weighted by Crippen LogP contribution is 2.45. The van der Waals surface area contributed by atoms with Gasteiger partial charge in [-0.3, -0.25) is 9.78 Å². The van der Waals surface area contributed by atoms with Crippen molar-refractivity contribution in [3.05, 3.63) is 52.8 Å². The van der Waals surface area contributed by atoms with Crippen LogP contribution in [0.2, 0.25) is 5.02 Å². The first-order valence-corrected chi connectivity index (χ1v) is 9.19. The number of nitrogens with zero attached hydrogens (tertiary/aromatic N) is 4. The lowest BCUT2D eigenvalue weighted by Gasteiger charge is -2.47. The van der Waals surface area contributed by atoms with Crippen molar-refractivity contribution < 1.29 is 14.3 Å². The average molecular weight is 397 g/mol. The molecule has 1 aromatic carbocycles. The van der Waals surface area contributed by atoms with Gasteiger partial charge in [0.2, 0.25) is 5.91 Å². The van der Waals surface area contributed by atoms with Crippen molar-refractivity contribution in [2.45, 2.75) is 18.8 Å². The number of benzene rings is 1. The summed E-state index contributed by atoms with van der Waals surface area (Å²) in [6.45, 7) is 2.14. The Balaban J connectivity index is 1.90. The van der Waals surface area contributed by atoms with Crippen molar-refractivity contribution in [3.63, 3.8) is 0 Å². The minimum atomic E-state index is -1.03. The summed E-state index contributed by atoms with van der Waals surface area (Å²) in [7, 11) is 0. The number of anilines is 1. The molecule has 1 fully saturated rings. The van der Waals surface area contributed by atoms with E-state index in [9.17, 15) is 14.9 Å². The van der Waals surface area contributed by atoms with Gasteiger partial charge < -0.3 is 9.64 Å². The van der Waals surface area contributed by atoms with Gasteiger partial charge in [-0.1, -0.05) is 11.6 Å². The number of halogens is 1. The predicted octanol–water partition coefficient (Wildman–Crippen LogP) is 3.06. The first-order valence-electron chi connectivity index (χ1n) is 8.81. The van der Waals surface area contributed by atoms with E-state index in [0.717, 1.165) is 10.5 Å². The predicted molar refractivity (Wildman–Crippen MR) is 102 cm³/mol. The number of aryl methyl sites for hydroxylation is 1. The maximum atomic E-state index is 13.7. The van der Waals surface area contributed by atoms with Crippen LogP contribution < -0.4 is 9.64 Å². The number of hydrogen-bond acceptors (Lipinski definition) is 5. The molecule has 1 saturated heterocycles. The first-order chi connectivity index (χ1) is 13.5. The zero-order valence-electron chi connectivity index (χ0n) is 15.2. The van der Waals surface area contributed by atoms with E-state index in [-0.39, 0.29) is 19.0 Å². The van der Waals surface area contributed by atoms with Crippen LogP contribution in [0, 0.1) is 18.3 Å². The first kappa shape index (κ1) is 18.3. The van der Waals surface area contributed by atoms with Gasteiger partial charge in [0.1, 0.15) is 12.3 Å². The molecule has 3 amide bonds. The molecule has 1 atom stereocenters. The molecular formula is C20H17ClN4O3. The maximum Gasteiger partial charge on any atom is 0.332 e. The standard InChI is InChI=1S/C20H17ClN4O3/c1-13-8-15(11-23-10-13)25-18(26)20(12-24(6-5-22)19(25)27)4-7-28-17-3-2-14(21)9-16(17)20/h2-3,8-11H,4,6-7,12H2,1H3. The summed E-state index contributed by atoms with van der Waals surface area (Å²) in [5.74, 6) is 0.212. The fourth-order valence-corrected chi connectivity index (χ4v) is 4.03. The summed E-state index contributed by atoms with van der Waals surface area (Å²) < 4.78 is 5.73. The van der Waals surface area contributed by atoms with E-state index in [1.165, 1.54) is 11.1 Å². The SMILES string of the molecule is Cc1cncc(N2C(=O)N(CC#N)CC3(CCOc4ccc(Cl)cc43)C2=O)c1. The molecule has 142 valence electrons. The molecule has 1 spiro atoms. The van der Waals surface area contributed by atoms with Gasteiger partial charge in [0, 0.05) is 29.7 Å². The smallest absolute Gasteiger partial charge is 0.332 e. The Morgan fingerprint density at radius 2 is 2.14 bits per heavy atom. The second-order valence-electron chi connectivity index (χ2n) is 6.98. The molecule has 0 N–H and O–H groups in total. The quantitative estimate of drug-likeness (QED) is 0.728. The number of aromatic nitrogens is 1. The summed E-state index contributed by atoms with van der Waals surface area (Å²) in [6, 6.07) is 8.36. The lowest BCUT2D eigenvalue weighted by molar-refractivity contribution is -0.126. The van der Waals surface area contributed by atoms with Gasteiger partial charge in [-0.15, -0.1) is 0 Å². The summed E-state index contributed by atoms with van der Waals surface area (Å²) in [5, 5.41) is 9.70. The number of imide groups is 1. The maximum absolute atomic E-state index is 13.7. The summed E-state index contributed by atoms with van der Waals surface area (Å²) in [5.41, 5.74) is 0.803. The van der Waals surface area contributed by atoms with Gasteiger partial charge in [0.05, 0.1) is 30.0 Å². The number of urea groups is 1. The van der Waals surface area contributed by atoms with Crippen LogP contribution in [0.15, 0.2) is 36.7 Å². The van der Waals surface area contributed by atoms with Crippen molar-refractivity contribution >= 4 is 29.2 Å². The van der Waals surface area contributed by atoms with E-state index < -0.39 is 11.4 Å². The van der Waals surface area contributed by atoms with Gasteiger partial charge in [-0.2, -0.15) is 5.26 Å². The van der Waals surface area contributed by atoms with Crippen LogP contribution in [0.1, 0.15) is 17.5 Å². The largest absolute Gasteiger partial charge is 0.493 e. The Morgan fingerprint density at radius 3 is 2.89 bits per heavy atom. The zero-order chi connectivity index (χ0) is 19.9. The van der Waals surface area contributed by atoms with Gasteiger partial charge >= 0.3 is 6.03 Å². The van der Waals surface area contributed by atoms with Crippen LogP contribution in [0.3, 0.4) is 0 Å². The lowest BCUT2D eigenvalue weighted by Crippen LogP contribution is -2.65. The molecule has 0 saturated carbocycles. The van der Waals surface area contributed by atoms with Crippen LogP contribution >= 0.6 is 11.6 Å². The summed E-state index contributed by atoms with van der Waals surface area (Å²) in [4.78, 5) is 33.4. The third-order valence-corrected chi connectivity index (χ3v) is 5.39. The van der Waals surface area contributed by atoms with Crippen LogP contribution in [0.25, 0.3) is 0 Å². The van der Waals surface area contributed by atoms with E-state index >= 15 is 0 Å². The number of hydrogen-bond donors (Lipinski definition) is 0. The molecule has 0 bridgehead atoms. The molecule has 28 heavy (non-hydrogen) atoms. The molecule has 2 aromatic rings. The number of nitriles is 1. The van der Waals surface area contributed by atoms with E-state index in [1.807, 2.05) is 13.0 Å². The Morgan fingerprint density at radius 1 is 1.32 bits per heavy atom. The molecule has 1 aromatic heterocycles. The van der Waals surface area contributed by atoms with E-state index in [4.69, 9.17) is 16.3 Å². The molecule has 3 heterocycles. The minimum Gasteiger partial charge on any atom is -0.493 e. The molecule has 1 unspecified atom stereocenters. The third kappa shape index (κ3) is 2.77. The summed E-state index contributed by atoms with van der Waals surface area (Å²) in [6.07, 6.45) is 3.50. The number of ether oxygens (including phenoxy) is 1. The number of amides is 3. The molecule has 4 rings (SSSR count). The van der Waals surface area contributed by atoms with Crippen molar-refractivity contribution in [1.29, 1.82) is 5.26 Å². The van der Waals surface area contributed by atoms with Crippen LogP contribution in [0.4, 0.5) is 10.5 Å². The number of rotatable bonds is 2. The Hall–Kier alpha value is -3.11. The van der Waals surface area contributed by atoms with E-state index in [1.54, 1.807) is 30.5 Å². The average Bonchev–Trinajstić information content (AvgIpc) is 2.67. The van der Waals surface area contributed by atoms with Crippen molar-refractivity contribution in [1.82, 2.24) is 9.88 Å². The van der Waals surface area contributed by atoms with Crippen molar-refractivity contribution in [3.8, 4) is 11.8 Å². The van der Waals surface area contributed by atoms with Gasteiger partial charge in [0.15, 0.2) is 0 Å². The molecular weight excluding hydrogens is 380 g/mol. The molecule has 2 aliphatic heterocycles. The number of fused-ring (bicyclic) bond motifs is 2. The monoisotopic (exact) mass is 396 g/mol. The molecule has 8 heteroatoms. The highest BCUT2D eigenvalue weighted by atomic mass is 35.5. The second-order valence-corrected chi connectivity index (χ2v) is 7.42. The number of carbonyl (C=O) groups excluding carboxylic acids is 2. The number of carbonyl (C=O) groups is 2. The molecule has 0 radical (unpaired) electrons. The Bertz CT molecular complexity index is 1020. The van der Waals surface area contributed by atoms with Gasteiger partial charge in [-0.05, 0) is 36.8 Å². The highest BCUT2D eigenvalue weighted by molar-refractivity contribution is 6.30. The van der Waals surface area contributed by atoms with Crippen LogP contribution in [0.5, 0.6) is 5.75 Å². The van der Waals surface area contributed by atoms with E-state index in [0.29, 0.717) is 35.1 Å². The fourth-order valence-electron chi connectivity index (χ4n) is 3.86. The summed E-state index contributed by atoms with van der Waals surface area (Å²) >= 11 is 6.20. The van der Waals surface area contributed by atoms with E-state index in [2.05, 4.69) is 4.98 Å². The van der Waals surface area contributed by atoms with Crippen molar-refractivity contribution in [2.75, 3.05) is 24.6 Å². The number of pyridine rings is 1. The Labute approximate surface area is 167 Å². The lowest BCUT2D eigenvalue weighted by atomic mass is 9.73. The molecule has 0 aliphatic carbocycles. The van der Waals surface area contributed by atoms with Crippen LogP contribution in [-0.2, 0) is 10.2 Å². The second kappa shape index (κ2) is 6.80. The van der Waals surface area contributed by atoms with Crippen molar-refractivity contribution in [2.24, 2.45) is 0 Å². The third-order valence-electron chi connectivity index (χ3n) is 5.16. The Kier molecular flexibility index (Phi) is 4.44. The van der Waals surface area contributed by atoms with Gasteiger partial charge in [-0.25, -0.2) is 9.69 Å². The van der Waals surface area contributed by atoms with Crippen LogP contribution in [-0.4, -0.2) is 41.5 Å². The van der Waals surface area contributed by atoms with Gasteiger partial charge in [0.25, 0.3) is 0 Å².